The summed E-state index contributed by atoms with van der Waals surface area (Å²) in [5.41, 5.74) is 2.04. The molecule has 3 N–H and O–H groups in total. The second-order valence-electron chi connectivity index (χ2n) is 7.01. The van der Waals surface area contributed by atoms with E-state index < -0.39 is 0 Å². The number of halogens is 1. The van der Waals surface area contributed by atoms with E-state index in [2.05, 4.69) is 15.6 Å². The number of aryl methyl sites for hydroxylation is 1. The molecule has 0 amide bonds. The van der Waals surface area contributed by atoms with Crippen molar-refractivity contribution in [1.29, 1.82) is 5.41 Å². The molecule has 0 saturated heterocycles. The number of nitrogens with one attached hydrogen (secondary N) is 3. The number of anilines is 2. The van der Waals surface area contributed by atoms with E-state index in [0.717, 1.165) is 30.8 Å². The molecule has 2 aromatic rings. The molecular formula is C21H26ClN5O. The maximum atomic E-state index is 11.8. The molecule has 2 aromatic heterocycles. The molecule has 1 aliphatic carbocycles. The molecule has 0 aliphatic heterocycles. The third kappa shape index (κ3) is 5.01. The minimum absolute atomic E-state index is 0.0266. The maximum absolute atomic E-state index is 11.8. The molecule has 6 nitrogen and oxygen atoms in total. The standard InChI is InChI=1S/C21H26ClN5O/c1-2-9-27-14-17(7-8-21(27)28)24-12-15(11-23)18-13-25-20(10-19(18)22)26-16-5-3-4-6-16/h7-8,10-14,16,23-24H,2-6,9H2,1H3,(H,25,26)/b15-12+,23-11?. The van der Waals surface area contributed by atoms with Crippen LogP contribution >= 0.6 is 11.6 Å². The summed E-state index contributed by atoms with van der Waals surface area (Å²) in [6.07, 6.45) is 12.1. The van der Waals surface area contributed by atoms with E-state index in [1.54, 1.807) is 29.2 Å². The van der Waals surface area contributed by atoms with Crippen molar-refractivity contribution in [2.75, 3.05) is 10.6 Å². The molecule has 0 radical (unpaired) electrons. The first-order valence-corrected chi connectivity index (χ1v) is 10.1. The van der Waals surface area contributed by atoms with Gasteiger partial charge in [0, 0.05) is 54.6 Å². The molecule has 0 aromatic carbocycles. The third-order valence-electron chi connectivity index (χ3n) is 4.87. The lowest BCUT2D eigenvalue weighted by molar-refractivity contribution is 0.655. The Kier molecular flexibility index (Phi) is 6.87. The van der Waals surface area contributed by atoms with Crippen molar-refractivity contribution in [2.45, 2.75) is 51.6 Å². The smallest absolute Gasteiger partial charge is 0.250 e. The summed E-state index contributed by atoms with van der Waals surface area (Å²) in [7, 11) is 0. The molecule has 0 bridgehead atoms. The quantitative estimate of drug-likeness (QED) is 0.558. The van der Waals surface area contributed by atoms with E-state index in [1.807, 2.05) is 13.0 Å². The number of allylic oxidation sites excluding steroid dienone is 1. The van der Waals surface area contributed by atoms with Crippen molar-refractivity contribution in [2.24, 2.45) is 0 Å². The third-order valence-corrected chi connectivity index (χ3v) is 5.18. The predicted octanol–water partition coefficient (Wildman–Crippen LogP) is 4.76. The molecule has 1 saturated carbocycles. The van der Waals surface area contributed by atoms with Gasteiger partial charge in [-0.3, -0.25) is 4.79 Å². The molecule has 28 heavy (non-hydrogen) atoms. The van der Waals surface area contributed by atoms with Gasteiger partial charge in [-0.25, -0.2) is 4.98 Å². The van der Waals surface area contributed by atoms with Gasteiger partial charge in [0.05, 0.1) is 10.7 Å². The SMILES string of the molecule is CCCn1cc(N/C=C(\C=N)c2cnc(NC3CCCC3)cc2Cl)ccc1=O. The van der Waals surface area contributed by atoms with E-state index in [-0.39, 0.29) is 5.56 Å². The van der Waals surface area contributed by atoms with Gasteiger partial charge in [0.1, 0.15) is 5.82 Å². The normalized spacial score (nSPS) is 14.9. The number of rotatable bonds is 8. The van der Waals surface area contributed by atoms with Crippen LogP contribution in [0.5, 0.6) is 0 Å². The average molecular weight is 400 g/mol. The number of pyridine rings is 2. The first kappa shape index (κ1) is 20.1. The molecule has 0 unspecified atom stereocenters. The summed E-state index contributed by atoms with van der Waals surface area (Å²) in [5, 5.41) is 14.9. The highest BCUT2D eigenvalue weighted by atomic mass is 35.5. The minimum Gasteiger partial charge on any atom is -0.367 e. The lowest BCUT2D eigenvalue weighted by atomic mass is 10.1. The predicted molar refractivity (Wildman–Crippen MR) is 117 cm³/mol. The average Bonchev–Trinajstić information content (AvgIpc) is 3.19. The van der Waals surface area contributed by atoms with E-state index in [1.165, 1.54) is 25.1 Å². The molecule has 148 valence electrons. The topological polar surface area (TPSA) is 82.8 Å². The Bertz CT molecular complexity index is 915. The van der Waals surface area contributed by atoms with E-state index in [9.17, 15) is 4.79 Å². The Morgan fingerprint density at radius 1 is 1.39 bits per heavy atom. The van der Waals surface area contributed by atoms with Crippen LogP contribution in [-0.4, -0.2) is 21.8 Å². The molecule has 2 heterocycles. The van der Waals surface area contributed by atoms with Gasteiger partial charge in [-0.2, -0.15) is 0 Å². The van der Waals surface area contributed by atoms with Crippen LogP contribution in [0, 0.1) is 5.41 Å². The second-order valence-corrected chi connectivity index (χ2v) is 7.42. The zero-order chi connectivity index (χ0) is 19.9. The van der Waals surface area contributed by atoms with Gasteiger partial charge in [-0.1, -0.05) is 31.4 Å². The van der Waals surface area contributed by atoms with Crippen LogP contribution in [0.25, 0.3) is 5.57 Å². The molecule has 0 spiro atoms. The van der Waals surface area contributed by atoms with Crippen LogP contribution in [0.1, 0.15) is 44.6 Å². The van der Waals surface area contributed by atoms with Crippen molar-refractivity contribution < 1.29 is 0 Å². The fourth-order valence-electron chi connectivity index (χ4n) is 3.39. The van der Waals surface area contributed by atoms with E-state index in [0.29, 0.717) is 28.7 Å². The van der Waals surface area contributed by atoms with Gasteiger partial charge < -0.3 is 20.6 Å². The molecule has 1 aliphatic rings. The summed E-state index contributed by atoms with van der Waals surface area (Å²) in [5.74, 6) is 0.768. The van der Waals surface area contributed by atoms with Gasteiger partial charge >= 0.3 is 0 Å². The lowest BCUT2D eigenvalue weighted by Crippen LogP contribution is -2.18. The summed E-state index contributed by atoms with van der Waals surface area (Å²) < 4.78 is 1.66. The fourth-order valence-corrected chi connectivity index (χ4v) is 3.65. The maximum Gasteiger partial charge on any atom is 0.250 e. The van der Waals surface area contributed by atoms with Crippen molar-refractivity contribution >= 4 is 34.9 Å². The first-order chi connectivity index (χ1) is 13.6. The van der Waals surface area contributed by atoms with Crippen LogP contribution in [0.3, 0.4) is 0 Å². The minimum atomic E-state index is -0.0266. The summed E-state index contributed by atoms with van der Waals surface area (Å²) >= 11 is 6.46. The van der Waals surface area contributed by atoms with Gasteiger partial charge in [-0.05, 0) is 31.4 Å². The van der Waals surface area contributed by atoms with Crippen molar-refractivity contribution in [3.05, 3.63) is 57.7 Å². The Morgan fingerprint density at radius 3 is 2.86 bits per heavy atom. The number of hydrogen-bond donors (Lipinski definition) is 3. The molecule has 7 heteroatoms. The zero-order valence-corrected chi connectivity index (χ0v) is 16.8. The highest BCUT2D eigenvalue weighted by molar-refractivity contribution is 6.34. The van der Waals surface area contributed by atoms with E-state index in [4.69, 9.17) is 17.0 Å². The number of hydrogen-bond acceptors (Lipinski definition) is 5. The van der Waals surface area contributed by atoms with Crippen molar-refractivity contribution in [3.8, 4) is 0 Å². The number of nitrogens with zero attached hydrogens (tertiary/aromatic N) is 2. The molecule has 1 fully saturated rings. The van der Waals surface area contributed by atoms with Crippen molar-refractivity contribution in [1.82, 2.24) is 9.55 Å². The van der Waals surface area contributed by atoms with Crippen LogP contribution in [0.2, 0.25) is 5.02 Å². The van der Waals surface area contributed by atoms with Crippen LogP contribution in [-0.2, 0) is 6.54 Å². The Morgan fingerprint density at radius 2 is 2.18 bits per heavy atom. The van der Waals surface area contributed by atoms with Gasteiger partial charge in [0.2, 0.25) is 0 Å². The molecule has 3 rings (SSSR count). The highest BCUT2D eigenvalue weighted by Gasteiger charge is 2.16. The Hall–Kier alpha value is -2.60. The summed E-state index contributed by atoms with van der Waals surface area (Å²) in [6, 6.07) is 5.54. The monoisotopic (exact) mass is 399 g/mol. The van der Waals surface area contributed by atoms with Crippen LogP contribution < -0.4 is 16.2 Å². The van der Waals surface area contributed by atoms with Crippen LogP contribution in [0.15, 0.2) is 41.6 Å². The van der Waals surface area contributed by atoms with Gasteiger partial charge in [0.25, 0.3) is 5.56 Å². The second kappa shape index (κ2) is 9.55. The van der Waals surface area contributed by atoms with Crippen molar-refractivity contribution in [3.63, 3.8) is 0 Å². The highest BCUT2D eigenvalue weighted by Crippen LogP contribution is 2.27. The number of aromatic nitrogens is 2. The van der Waals surface area contributed by atoms with Gasteiger partial charge in [-0.15, -0.1) is 0 Å². The van der Waals surface area contributed by atoms with E-state index >= 15 is 0 Å². The Labute approximate surface area is 170 Å². The summed E-state index contributed by atoms with van der Waals surface area (Å²) in [6.45, 7) is 2.69. The van der Waals surface area contributed by atoms with Gasteiger partial charge in [0.15, 0.2) is 0 Å². The Balaban J connectivity index is 1.76. The zero-order valence-electron chi connectivity index (χ0n) is 16.0. The fraction of sp³-hybridized carbons (Fsp3) is 0.381. The summed E-state index contributed by atoms with van der Waals surface area (Å²) in [4.78, 5) is 16.3. The lowest BCUT2D eigenvalue weighted by Gasteiger charge is -2.14. The van der Waals surface area contributed by atoms with Crippen LogP contribution in [0.4, 0.5) is 11.5 Å². The largest absolute Gasteiger partial charge is 0.367 e. The molecular weight excluding hydrogens is 374 g/mol. The first-order valence-electron chi connectivity index (χ1n) is 9.71. The molecule has 0 atom stereocenters.